The Bertz CT molecular complexity index is 50.9. The summed E-state index contributed by atoms with van der Waals surface area (Å²) in [6, 6.07) is 0. The summed E-state index contributed by atoms with van der Waals surface area (Å²) in [4.78, 5) is 4.16. The average molecular weight is 222 g/mol. The Kier molecular flexibility index (Phi) is 2.95. The molecule has 0 rings (SSSR count). The maximum absolute atomic E-state index is 8.42. The molecule has 0 radical (unpaired) electrons. The van der Waals surface area contributed by atoms with E-state index < -0.39 is 25.0 Å². The predicted octanol–water partition coefficient (Wildman–Crippen LogP) is -4.46. The molecule has 0 heterocycles. The van der Waals surface area contributed by atoms with Crippen molar-refractivity contribution in [2.75, 3.05) is 7.11 Å². The first kappa shape index (κ1) is 7.53. The fourth-order valence-corrected chi connectivity index (χ4v) is 0.207. The van der Waals surface area contributed by atoms with Gasteiger partial charge in [0, 0.05) is 0 Å². The van der Waals surface area contributed by atoms with E-state index in [0.29, 0.717) is 0 Å². The molecule has 0 aromatic carbocycles. The van der Waals surface area contributed by atoms with Gasteiger partial charge in [0.25, 0.3) is 0 Å². The zero-order valence-electron chi connectivity index (χ0n) is 3.71. The van der Waals surface area contributed by atoms with Gasteiger partial charge in [0.2, 0.25) is 0 Å². The van der Waals surface area contributed by atoms with Crippen LogP contribution >= 0.6 is 0 Å². The minimum absolute atomic E-state index is 1.20. The van der Waals surface area contributed by atoms with E-state index >= 15 is 0 Å². The van der Waals surface area contributed by atoms with E-state index in [2.05, 4.69) is 4.84 Å². The Morgan fingerprint density at radius 2 is 2.29 bits per heavy atom. The molecule has 0 aliphatic rings. The molecule has 0 aliphatic heterocycles. The first-order valence-electron chi connectivity index (χ1n) is 1.39. The van der Waals surface area contributed by atoms with Crippen LogP contribution < -0.4 is 27.7 Å². The molecule has 46 valence electrons. The van der Waals surface area contributed by atoms with Gasteiger partial charge in [-0.05, 0) is 0 Å². The van der Waals surface area contributed by atoms with Gasteiger partial charge >= 0.3 is 51.5 Å². The van der Waals surface area contributed by atoms with E-state index in [4.69, 9.17) is 14.5 Å². The van der Waals surface area contributed by atoms with Gasteiger partial charge in [0.15, 0.2) is 0 Å². The number of nitrogens with zero attached hydrogens (tertiary/aromatic N) is 1. The Labute approximate surface area is 51.9 Å². The third-order valence-electron chi connectivity index (χ3n) is 0.364. The van der Waals surface area contributed by atoms with Crippen LogP contribution in [0.15, 0.2) is 0 Å². The quantitative estimate of drug-likeness (QED) is 0.190. The van der Waals surface area contributed by atoms with Crippen LogP contribution in [-0.4, -0.2) is 18.9 Å². The molecule has 0 amide bonds. The molecule has 0 bridgehead atoms. The van der Waals surface area contributed by atoms with E-state index in [1.807, 2.05) is 0 Å². The molecule has 1 atom stereocenters. The Balaban J connectivity index is 3.36. The third-order valence-corrected chi connectivity index (χ3v) is 1.38. The van der Waals surface area contributed by atoms with E-state index in [1.54, 1.807) is 0 Å². The van der Waals surface area contributed by atoms with Crippen molar-refractivity contribution in [3.8, 4) is 0 Å². The molecule has 0 aromatic heterocycles. The fourth-order valence-electron chi connectivity index (χ4n) is 0.0309. The van der Waals surface area contributed by atoms with E-state index in [0.717, 1.165) is 0 Å². The number of halogens is 1. The molecule has 6 heteroatoms. The average Bonchev–Trinajstić information content (AvgIpc) is 1.68. The summed E-state index contributed by atoms with van der Waals surface area (Å²) in [5.41, 5.74) is 0. The topological polar surface area (TPSA) is 75.7 Å². The molecule has 1 unspecified atom stereocenters. The van der Waals surface area contributed by atoms with Gasteiger partial charge in [0.1, 0.15) is 0 Å². The number of hydrogen-bond donors (Lipinski definition) is 3. The first-order valence-corrected chi connectivity index (χ1v) is 3.32. The van der Waals surface area contributed by atoms with Crippen molar-refractivity contribution >= 4 is 0 Å². The van der Waals surface area contributed by atoms with Crippen molar-refractivity contribution in [3.05, 3.63) is 0 Å². The molecule has 0 aliphatic carbocycles. The number of hydrogen-bond acceptors (Lipinski definition) is 4. The van der Waals surface area contributed by atoms with Gasteiger partial charge in [0.05, 0.1) is 0 Å². The second-order valence-electron chi connectivity index (χ2n) is 0.803. The summed E-state index contributed by atoms with van der Waals surface area (Å²) in [5, 5.41) is 8.42. The molecule has 4 N–H and O–H groups in total. The standard InChI is InChI=1S/CH7IN2O3/c1-7-4(3,6)2-5/h5-6H,3H2,1H3. The zero-order valence-corrected chi connectivity index (χ0v) is 5.86. The molecule has 5 nitrogen and oxygen atoms in total. The van der Waals surface area contributed by atoms with Gasteiger partial charge in [-0.2, -0.15) is 0 Å². The van der Waals surface area contributed by atoms with Gasteiger partial charge in [-0.25, -0.2) is 0 Å². The molecular formula is CH7IN2O3. The zero-order chi connectivity index (χ0) is 5.91. The second kappa shape index (κ2) is 2.74. The van der Waals surface area contributed by atoms with Crippen molar-refractivity contribution in [2.45, 2.75) is 0 Å². The molecule has 0 saturated heterocycles. The molecule has 7 heavy (non-hydrogen) atoms. The number of rotatable bonds is 2. The Morgan fingerprint density at radius 1 is 1.86 bits per heavy atom. The summed E-state index contributed by atoms with van der Waals surface area (Å²) >= 11 is -1.49. The summed E-state index contributed by atoms with van der Waals surface area (Å²) in [5.74, 6) is 4.78. The molecule has 0 aromatic rings. The molecule has 0 spiro atoms. The van der Waals surface area contributed by atoms with Crippen LogP contribution in [0.1, 0.15) is 0 Å². The van der Waals surface area contributed by atoms with E-state index in [1.165, 1.54) is 7.11 Å². The maximum atomic E-state index is 8.42. The SMILES string of the molecule is CO[N+](N)(O)[I-]O. The molecule has 0 fully saturated rings. The Hall–Kier alpha value is 0.530. The van der Waals surface area contributed by atoms with Crippen LogP contribution in [0.2, 0.25) is 0 Å². The summed E-state index contributed by atoms with van der Waals surface area (Å²) < 4.78 is 6.98. The van der Waals surface area contributed by atoms with Crippen molar-refractivity contribution < 1.29 is 38.5 Å². The van der Waals surface area contributed by atoms with Crippen LogP contribution in [0.4, 0.5) is 0 Å². The van der Waals surface area contributed by atoms with E-state index in [9.17, 15) is 0 Å². The van der Waals surface area contributed by atoms with Crippen LogP contribution in [0, 0.1) is 0 Å². The normalized spacial score (nSPS) is 19.4. The summed E-state index contributed by atoms with van der Waals surface area (Å²) in [7, 11) is 1.20. The van der Waals surface area contributed by atoms with Gasteiger partial charge in [-0.3, -0.25) is 0 Å². The van der Waals surface area contributed by atoms with Gasteiger partial charge < -0.3 is 0 Å². The van der Waals surface area contributed by atoms with Crippen molar-refractivity contribution in [1.29, 1.82) is 0 Å². The fraction of sp³-hybridized carbons (Fsp3) is 1.00. The van der Waals surface area contributed by atoms with Gasteiger partial charge in [-0.15, -0.1) is 0 Å². The van der Waals surface area contributed by atoms with Crippen molar-refractivity contribution in [2.24, 2.45) is 5.84 Å². The summed E-state index contributed by atoms with van der Waals surface area (Å²) in [6.45, 7) is 0. The van der Waals surface area contributed by atoms with Crippen LogP contribution in [0.5, 0.6) is 0 Å². The van der Waals surface area contributed by atoms with Crippen molar-refractivity contribution in [3.63, 3.8) is 0 Å². The van der Waals surface area contributed by atoms with Crippen LogP contribution in [0.25, 0.3) is 0 Å². The van der Waals surface area contributed by atoms with Gasteiger partial charge in [-0.1, -0.05) is 0 Å². The monoisotopic (exact) mass is 222 g/mol. The number of quaternary nitrogens is 1. The Morgan fingerprint density at radius 3 is 2.29 bits per heavy atom. The summed E-state index contributed by atoms with van der Waals surface area (Å²) in [6.07, 6.45) is 0. The van der Waals surface area contributed by atoms with Crippen LogP contribution in [-0.2, 0) is 4.84 Å². The molecular weight excluding hydrogens is 215 g/mol. The van der Waals surface area contributed by atoms with E-state index in [-0.39, 0.29) is 0 Å². The van der Waals surface area contributed by atoms with Crippen molar-refractivity contribution in [1.82, 2.24) is 0 Å². The minimum atomic E-state index is -1.49. The first-order chi connectivity index (χ1) is 3.12. The predicted molar refractivity (Wildman–Crippen MR) is 15.5 cm³/mol. The third kappa shape index (κ3) is 3.14. The second-order valence-corrected chi connectivity index (χ2v) is 2.62. The molecule has 0 saturated carbocycles. The number of nitrogens with two attached hydrogens (primary N) is 1. The van der Waals surface area contributed by atoms with Crippen LogP contribution in [0.3, 0.4) is 0 Å².